The Balaban J connectivity index is 3.22. The Hall–Kier alpha value is -1.64. The summed E-state index contributed by atoms with van der Waals surface area (Å²) in [5, 5.41) is 8.99. The molecule has 0 saturated carbocycles. The lowest BCUT2D eigenvalue weighted by molar-refractivity contribution is -0.155. The lowest BCUT2D eigenvalue weighted by Gasteiger charge is -2.25. The lowest BCUT2D eigenvalue weighted by Crippen LogP contribution is -2.36. The van der Waals surface area contributed by atoms with E-state index in [0.717, 1.165) is 5.56 Å². The maximum atomic E-state index is 14.4. The summed E-state index contributed by atoms with van der Waals surface area (Å²) >= 11 is 0. The lowest BCUT2D eigenvalue weighted by atomic mass is 9.85. The number of carboxylic acids is 1. The van der Waals surface area contributed by atoms with Gasteiger partial charge in [-0.15, -0.1) is 0 Å². The Morgan fingerprint density at radius 3 is 2.25 bits per heavy atom. The molecule has 0 bridgehead atoms. The van der Waals surface area contributed by atoms with Crippen LogP contribution >= 0.6 is 0 Å². The highest BCUT2D eigenvalue weighted by Crippen LogP contribution is 2.34. The van der Waals surface area contributed by atoms with Gasteiger partial charge < -0.3 is 5.11 Å². The van der Waals surface area contributed by atoms with Crippen molar-refractivity contribution in [1.82, 2.24) is 0 Å². The number of alkyl halides is 1. The van der Waals surface area contributed by atoms with E-state index in [1.54, 1.807) is 32.1 Å². The minimum absolute atomic E-state index is 0.167. The molecule has 1 rings (SSSR count). The molecular weight excluding hydrogens is 207 g/mol. The Morgan fingerprint density at radius 2 is 1.94 bits per heavy atom. The molecule has 0 aliphatic rings. The van der Waals surface area contributed by atoms with Crippen LogP contribution in [0.3, 0.4) is 0 Å². The van der Waals surface area contributed by atoms with Crippen LogP contribution in [0.15, 0.2) is 30.8 Å². The van der Waals surface area contributed by atoms with Gasteiger partial charge in [0.05, 0.1) is 0 Å². The zero-order valence-electron chi connectivity index (χ0n) is 9.40. The summed E-state index contributed by atoms with van der Waals surface area (Å²) in [6, 6.07) is 6.29. The second-order valence-corrected chi connectivity index (χ2v) is 4.00. The van der Waals surface area contributed by atoms with Crippen LogP contribution in [-0.2, 0) is 10.5 Å². The number of benzene rings is 1. The molecule has 86 valence electrons. The van der Waals surface area contributed by atoms with Gasteiger partial charge >= 0.3 is 5.97 Å². The van der Waals surface area contributed by atoms with Crippen molar-refractivity contribution in [1.29, 1.82) is 0 Å². The highest BCUT2D eigenvalue weighted by Gasteiger charge is 2.43. The smallest absolute Gasteiger partial charge is 0.346 e. The van der Waals surface area contributed by atoms with E-state index in [4.69, 9.17) is 5.11 Å². The standard InChI is InChI=1S/C13H15FO2/c1-4-10-5-7-11(8-6-10)13(14,9(2)3)12(15)16/h4-9H,1H2,2-3H3,(H,15,16). The molecule has 3 heteroatoms. The summed E-state index contributed by atoms with van der Waals surface area (Å²) in [7, 11) is 0. The summed E-state index contributed by atoms with van der Waals surface area (Å²) in [5.41, 5.74) is -1.33. The first-order chi connectivity index (χ1) is 7.42. The fraction of sp³-hybridized carbons (Fsp3) is 0.308. The van der Waals surface area contributed by atoms with Crippen LogP contribution in [0.5, 0.6) is 0 Å². The number of hydrogen-bond donors (Lipinski definition) is 1. The van der Waals surface area contributed by atoms with Crippen molar-refractivity contribution in [2.45, 2.75) is 19.5 Å². The van der Waals surface area contributed by atoms with Crippen LogP contribution in [0.4, 0.5) is 4.39 Å². The SMILES string of the molecule is C=Cc1ccc(C(F)(C(=O)O)C(C)C)cc1. The van der Waals surface area contributed by atoms with Crippen molar-refractivity contribution in [2.24, 2.45) is 5.92 Å². The molecule has 0 saturated heterocycles. The number of hydrogen-bond acceptors (Lipinski definition) is 1. The second kappa shape index (κ2) is 4.47. The topological polar surface area (TPSA) is 37.3 Å². The molecule has 0 spiro atoms. The highest BCUT2D eigenvalue weighted by atomic mass is 19.1. The van der Waals surface area contributed by atoms with E-state index in [0.29, 0.717) is 0 Å². The molecule has 0 aliphatic carbocycles. The van der Waals surface area contributed by atoms with Crippen LogP contribution in [0, 0.1) is 5.92 Å². The number of aliphatic carboxylic acids is 1. The fourth-order valence-electron chi connectivity index (χ4n) is 1.57. The number of carbonyl (C=O) groups is 1. The summed E-state index contributed by atoms with van der Waals surface area (Å²) in [5.74, 6) is -2.08. The third kappa shape index (κ3) is 1.98. The van der Waals surface area contributed by atoms with E-state index in [1.165, 1.54) is 12.1 Å². The van der Waals surface area contributed by atoms with Gasteiger partial charge in [-0.2, -0.15) is 0 Å². The Kier molecular flexibility index (Phi) is 3.48. The predicted octanol–water partition coefficient (Wildman–Crippen LogP) is 3.24. The zero-order chi connectivity index (χ0) is 12.3. The molecule has 16 heavy (non-hydrogen) atoms. The van der Waals surface area contributed by atoms with Gasteiger partial charge in [0.2, 0.25) is 5.67 Å². The third-order valence-electron chi connectivity index (χ3n) is 2.67. The molecule has 0 aliphatic heterocycles. The Bertz CT molecular complexity index is 395. The summed E-state index contributed by atoms with van der Waals surface area (Å²) in [6.07, 6.45) is 1.62. The van der Waals surface area contributed by atoms with Crippen LogP contribution in [0.2, 0.25) is 0 Å². The van der Waals surface area contributed by atoms with Gasteiger partial charge in [0.25, 0.3) is 0 Å². The van der Waals surface area contributed by atoms with Gasteiger partial charge in [0, 0.05) is 11.5 Å². The molecule has 1 aromatic rings. The van der Waals surface area contributed by atoms with E-state index in [1.807, 2.05) is 0 Å². The molecule has 0 heterocycles. The third-order valence-corrected chi connectivity index (χ3v) is 2.67. The van der Waals surface area contributed by atoms with E-state index in [2.05, 4.69) is 6.58 Å². The van der Waals surface area contributed by atoms with E-state index >= 15 is 0 Å². The molecule has 0 radical (unpaired) electrons. The normalized spacial score (nSPS) is 14.5. The van der Waals surface area contributed by atoms with Crippen molar-refractivity contribution in [3.8, 4) is 0 Å². The predicted molar refractivity (Wildman–Crippen MR) is 61.8 cm³/mol. The molecular formula is C13H15FO2. The molecule has 1 atom stereocenters. The van der Waals surface area contributed by atoms with Crippen molar-refractivity contribution < 1.29 is 14.3 Å². The minimum atomic E-state index is -2.33. The van der Waals surface area contributed by atoms with Crippen molar-refractivity contribution >= 4 is 12.0 Å². The Morgan fingerprint density at radius 1 is 1.44 bits per heavy atom. The molecule has 0 amide bonds. The van der Waals surface area contributed by atoms with Crippen molar-refractivity contribution in [2.75, 3.05) is 0 Å². The van der Waals surface area contributed by atoms with Crippen LogP contribution in [0.25, 0.3) is 6.08 Å². The molecule has 2 nitrogen and oxygen atoms in total. The van der Waals surface area contributed by atoms with Gasteiger partial charge in [-0.3, -0.25) is 0 Å². The summed E-state index contributed by atoms with van der Waals surface area (Å²) in [4.78, 5) is 11.0. The van der Waals surface area contributed by atoms with E-state index in [-0.39, 0.29) is 5.56 Å². The van der Waals surface area contributed by atoms with Gasteiger partial charge in [-0.25, -0.2) is 9.18 Å². The fourth-order valence-corrected chi connectivity index (χ4v) is 1.57. The van der Waals surface area contributed by atoms with Gasteiger partial charge in [0.15, 0.2) is 0 Å². The largest absolute Gasteiger partial charge is 0.479 e. The molecule has 1 unspecified atom stereocenters. The van der Waals surface area contributed by atoms with Crippen LogP contribution in [0.1, 0.15) is 25.0 Å². The maximum Gasteiger partial charge on any atom is 0.346 e. The first kappa shape index (κ1) is 12.4. The number of halogens is 1. The highest BCUT2D eigenvalue weighted by molar-refractivity contribution is 5.79. The number of carboxylic acid groups (broad SMARTS) is 1. The van der Waals surface area contributed by atoms with Crippen LogP contribution < -0.4 is 0 Å². The van der Waals surface area contributed by atoms with E-state index < -0.39 is 17.6 Å². The molecule has 0 fully saturated rings. The average molecular weight is 222 g/mol. The minimum Gasteiger partial charge on any atom is -0.479 e. The van der Waals surface area contributed by atoms with Crippen LogP contribution in [-0.4, -0.2) is 11.1 Å². The molecule has 0 aromatic heterocycles. The molecule has 1 aromatic carbocycles. The van der Waals surface area contributed by atoms with Gasteiger partial charge in [-0.1, -0.05) is 50.8 Å². The first-order valence-electron chi connectivity index (χ1n) is 5.08. The average Bonchev–Trinajstić information content (AvgIpc) is 2.27. The zero-order valence-corrected chi connectivity index (χ0v) is 9.40. The quantitative estimate of drug-likeness (QED) is 0.849. The summed E-state index contributed by atoms with van der Waals surface area (Å²) < 4.78 is 14.4. The van der Waals surface area contributed by atoms with Crippen molar-refractivity contribution in [3.05, 3.63) is 42.0 Å². The maximum absolute atomic E-state index is 14.4. The van der Waals surface area contributed by atoms with Crippen molar-refractivity contribution in [3.63, 3.8) is 0 Å². The second-order valence-electron chi connectivity index (χ2n) is 4.00. The monoisotopic (exact) mass is 222 g/mol. The first-order valence-corrected chi connectivity index (χ1v) is 5.08. The number of rotatable bonds is 4. The molecule has 1 N–H and O–H groups in total. The van der Waals surface area contributed by atoms with E-state index in [9.17, 15) is 9.18 Å². The van der Waals surface area contributed by atoms with Gasteiger partial charge in [-0.05, 0) is 5.56 Å². The Labute approximate surface area is 94.4 Å². The van der Waals surface area contributed by atoms with Gasteiger partial charge in [0.1, 0.15) is 0 Å². The summed E-state index contributed by atoms with van der Waals surface area (Å²) in [6.45, 7) is 6.69.